The molecule has 0 aliphatic carbocycles. The van der Waals surface area contributed by atoms with Crippen molar-refractivity contribution in [2.24, 2.45) is 5.73 Å². The number of pyridine rings is 1. The highest BCUT2D eigenvalue weighted by molar-refractivity contribution is 6.30. The molecule has 150 valence electrons. The molecule has 0 unspecified atom stereocenters. The molecule has 0 radical (unpaired) electrons. The molecule has 1 aliphatic heterocycles. The standard InChI is InChI=1S/C20H22ClN7O/c21-14-4-3-5-15(10-14)25-20-17(18(22)29)19(26-27-20)24-12-13-6-7-16(23-11-13)28-8-1-2-9-28/h3-7,10-11H,1-2,8-9,12H2,(H2,22,29)(H3,24,25,26,27). The van der Waals surface area contributed by atoms with Gasteiger partial charge in [-0.15, -0.1) is 0 Å². The number of carbonyl (C=O) groups excluding carboxylic acids is 1. The van der Waals surface area contributed by atoms with Crippen LogP contribution in [0.15, 0.2) is 42.6 Å². The van der Waals surface area contributed by atoms with Crippen molar-refractivity contribution in [3.63, 3.8) is 0 Å². The van der Waals surface area contributed by atoms with Crippen LogP contribution in [0.5, 0.6) is 0 Å². The molecule has 0 atom stereocenters. The van der Waals surface area contributed by atoms with Gasteiger partial charge in [-0.1, -0.05) is 23.7 Å². The van der Waals surface area contributed by atoms with Crippen LogP contribution in [0.25, 0.3) is 0 Å². The smallest absolute Gasteiger partial charge is 0.256 e. The fourth-order valence-corrected chi connectivity index (χ4v) is 3.54. The summed E-state index contributed by atoms with van der Waals surface area (Å²) in [4.78, 5) is 18.8. The van der Waals surface area contributed by atoms with E-state index in [0.717, 1.165) is 24.5 Å². The Bertz CT molecular complexity index is 996. The summed E-state index contributed by atoms with van der Waals surface area (Å²) in [5.74, 6) is 1.20. The van der Waals surface area contributed by atoms with Gasteiger partial charge in [0.05, 0.1) is 0 Å². The predicted molar refractivity (Wildman–Crippen MR) is 115 cm³/mol. The van der Waals surface area contributed by atoms with Gasteiger partial charge in [0.2, 0.25) is 0 Å². The van der Waals surface area contributed by atoms with E-state index >= 15 is 0 Å². The van der Waals surface area contributed by atoms with E-state index < -0.39 is 5.91 Å². The molecule has 8 nitrogen and oxygen atoms in total. The second-order valence-electron chi connectivity index (χ2n) is 6.89. The molecular weight excluding hydrogens is 390 g/mol. The van der Waals surface area contributed by atoms with E-state index in [-0.39, 0.29) is 5.56 Å². The number of hydrogen-bond donors (Lipinski definition) is 4. The van der Waals surface area contributed by atoms with E-state index in [2.05, 4.69) is 30.7 Å². The summed E-state index contributed by atoms with van der Waals surface area (Å²) in [5, 5.41) is 13.8. The van der Waals surface area contributed by atoms with E-state index in [0.29, 0.717) is 28.9 Å². The molecule has 3 aromatic rings. The number of primary amides is 1. The van der Waals surface area contributed by atoms with Crippen LogP contribution in [0.3, 0.4) is 0 Å². The van der Waals surface area contributed by atoms with E-state index in [1.807, 2.05) is 24.4 Å². The van der Waals surface area contributed by atoms with Gasteiger partial charge in [-0.05, 0) is 42.7 Å². The molecule has 1 saturated heterocycles. The Morgan fingerprint density at radius 1 is 1.24 bits per heavy atom. The second-order valence-corrected chi connectivity index (χ2v) is 7.33. The Hall–Kier alpha value is -3.26. The normalized spacial score (nSPS) is 13.5. The maximum absolute atomic E-state index is 12.0. The average molecular weight is 412 g/mol. The minimum atomic E-state index is -0.590. The number of nitrogens with one attached hydrogen (secondary N) is 3. The topological polar surface area (TPSA) is 112 Å². The van der Waals surface area contributed by atoms with Gasteiger partial charge in [0.25, 0.3) is 5.91 Å². The lowest BCUT2D eigenvalue weighted by atomic mass is 10.2. The summed E-state index contributed by atoms with van der Waals surface area (Å²) >= 11 is 6.01. The van der Waals surface area contributed by atoms with Gasteiger partial charge in [-0.3, -0.25) is 9.89 Å². The summed E-state index contributed by atoms with van der Waals surface area (Å²) in [6, 6.07) is 11.2. The van der Waals surface area contributed by atoms with Crippen LogP contribution in [0.2, 0.25) is 5.02 Å². The fourth-order valence-electron chi connectivity index (χ4n) is 3.35. The summed E-state index contributed by atoms with van der Waals surface area (Å²) in [5.41, 5.74) is 7.53. The van der Waals surface area contributed by atoms with Crippen LogP contribution in [0.1, 0.15) is 28.8 Å². The third-order valence-corrected chi connectivity index (χ3v) is 5.04. The first-order valence-corrected chi connectivity index (χ1v) is 9.82. The van der Waals surface area contributed by atoms with Gasteiger partial charge < -0.3 is 21.3 Å². The Kier molecular flexibility index (Phi) is 5.53. The van der Waals surface area contributed by atoms with Crippen LogP contribution in [-0.4, -0.2) is 34.2 Å². The van der Waals surface area contributed by atoms with Gasteiger partial charge in [0, 0.05) is 36.5 Å². The van der Waals surface area contributed by atoms with E-state index in [1.165, 1.54) is 12.8 Å². The van der Waals surface area contributed by atoms with Crippen LogP contribution in [0.4, 0.5) is 23.1 Å². The molecule has 5 N–H and O–H groups in total. The SMILES string of the molecule is NC(=O)c1c(Nc2cccc(Cl)c2)n[nH]c1NCc1ccc(N2CCCC2)nc1. The monoisotopic (exact) mass is 411 g/mol. The lowest BCUT2D eigenvalue weighted by molar-refractivity contribution is 0.100. The number of aromatic nitrogens is 3. The number of carbonyl (C=O) groups is 1. The summed E-state index contributed by atoms with van der Waals surface area (Å²) in [6.07, 6.45) is 4.27. The Balaban J connectivity index is 1.45. The summed E-state index contributed by atoms with van der Waals surface area (Å²) in [6.45, 7) is 2.60. The predicted octanol–water partition coefficient (Wildman–Crippen LogP) is 3.51. The number of anilines is 4. The summed E-state index contributed by atoms with van der Waals surface area (Å²) in [7, 11) is 0. The van der Waals surface area contributed by atoms with Crippen LogP contribution in [-0.2, 0) is 6.54 Å². The maximum Gasteiger partial charge on any atom is 0.256 e. The average Bonchev–Trinajstić information content (AvgIpc) is 3.37. The van der Waals surface area contributed by atoms with Crippen LogP contribution < -0.4 is 21.3 Å². The number of aromatic amines is 1. The highest BCUT2D eigenvalue weighted by Gasteiger charge is 2.19. The summed E-state index contributed by atoms with van der Waals surface area (Å²) < 4.78 is 0. The number of amides is 1. The quantitative estimate of drug-likeness (QED) is 0.473. The van der Waals surface area contributed by atoms with E-state index in [4.69, 9.17) is 17.3 Å². The van der Waals surface area contributed by atoms with Crippen molar-refractivity contribution in [3.05, 3.63) is 58.7 Å². The van der Waals surface area contributed by atoms with Gasteiger partial charge >= 0.3 is 0 Å². The zero-order valence-corrected chi connectivity index (χ0v) is 16.5. The van der Waals surface area contributed by atoms with E-state index in [9.17, 15) is 4.79 Å². The van der Waals surface area contributed by atoms with Gasteiger partial charge in [0.1, 0.15) is 17.2 Å². The van der Waals surface area contributed by atoms with Crippen LogP contribution in [0, 0.1) is 0 Å². The number of benzene rings is 1. The molecule has 1 aliphatic rings. The minimum Gasteiger partial charge on any atom is -0.366 e. The molecule has 1 amide bonds. The molecule has 0 saturated carbocycles. The molecule has 2 aromatic heterocycles. The Morgan fingerprint density at radius 2 is 2.07 bits per heavy atom. The lowest BCUT2D eigenvalue weighted by Gasteiger charge is -2.16. The van der Waals surface area contributed by atoms with Gasteiger partial charge in [0.15, 0.2) is 5.82 Å². The molecule has 1 aromatic carbocycles. The molecule has 3 heterocycles. The van der Waals surface area contributed by atoms with Crippen molar-refractivity contribution >= 4 is 40.6 Å². The molecule has 0 bridgehead atoms. The lowest BCUT2D eigenvalue weighted by Crippen LogP contribution is -2.19. The first-order chi connectivity index (χ1) is 14.1. The van der Waals surface area contributed by atoms with Gasteiger partial charge in [-0.25, -0.2) is 4.98 Å². The fraction of sp³-hybridized carbons (Fsp3) is 0.250. The van der Waals surface area contributed by atoms with E-state index in [1.54, 1.807) is 18.2 Å². The zero-order valence-electron chi connectivity index (χ0n) is 15.8. The van der Waals surface area contributed by atoms with Crippen LogP contribution >= 0.6 is 11.6 Å². The second kappa shape index (κ2) is 8.40. The molecular formula is C20H22ClN7O. The minimum absolute atomic E-state index is 0.256. The molecule has 4 rings (SSSR count). The van der Waals surface area contributed by atoms with Crippen molar-refractivity contribution in [2.75, 3.05) is 28.6 Å². The number of rotatable bonds is 7. The third kappa shape index (κ3) is 4.43. The first-order valence-electron chi connectivity index (χ1n) is 9.44. The number of H-pyrrole nitrogens is 1. The highest BCUT2D eigenvalue weighted by Crippen LogP contribution is 2.26. The first kappa shape index (κ1) is 19.1. The highest BCUT2D eigenvalue weighted by atomic mass is 35.5. The molecule has 0 spiro atoms. The number of hydrogen-bond acceptors (Lipinski definition) is 6. The third-order valence-electron chi connectivity index (χ3n) is 4.81. The van der Waals surface area contributed by atoms with Crippen molar-refractivity contribution < 1.29 is 4.79 Å². The molecule has 29 heavy (non-hydrogen) atoms. The number of nitrogens with two attached hydrogens (primary N) is 1. The Morgan fingerprint density at radius 3 is 2.76 bits per heavy atom. The van der Waals surface area contributed by atoms with Crippen molar-refractivity contribution in [2.45, 2.75) is 19.4 Å². The maximum atomic E-state index is 12.0. The van der Waals surface area contributed by atoms with Gasteiger partial charge in [-0.2, -0.15) is 5.10 Å². The van der Waals surface area contributed by atoms with Crippen molar-refractivity contribution in [3.8, 4) is 0 Å². The molecule has 9 heteroatoms. The number of nitrogens with zero attached hydrogens (tertiary/aromatic N) is 3. The zero-order chi connectivity index (χ0) is 20.2. The van der Waals surface area contributed by atoms with Crippen molar-refractivity contribution in [1.82, 2.24) is 15.2 Å². The largest absolute Gasteiger partial charge is 0.366 e. The Labute approximate surface area is 173 Å². The number of halogens is 1. The molecule has 1 fully saturated rings. The van der Waals surface area contributed by atoms with Crippen molar-refractivity contribution in [1.29, 1.82) is 0 Å².